The van der Waals surface area contributed by atoms with E-state index in [1.165, 1.54) is 4.90 Å². The van der Waals surface area contributed by atoms with E-state index in [1.807, 2.05) is 71.4 Å². The van der Waals surface area contributed by atoms with Crippen molar-refractivity contribution in [3.05, 3.63) is 41.0 Å². The molecule has 1 saturated heterocycles. The maximum absolute atomic E-state index is 13.9. The minimum atomic E-state index is -0.946. The van der Waals surface area contributed by atoms with Gasteiger partial charge in [-0.1, -0.05) is 45.0 Å². The predicted octanol–water partition coefficient (Wildman–Crippen LogP) is 2.14. The lowest BCUT2D eigenvalue weighted by Gasteiger charge is -2.35. The Kier molecular flexibility index (Phi) is 18.6. The normalized spacial score (nSPS) is 17.4. The fourth-order valence-electron chi connectivity index (χ4n) is 5.74. The molecule has 292 valence electrons. The minimum absolute atomic E-state index is 0.00551. The molecule has 1 fully saturated rings. The number of thiazole rings is 1. The third-order valence-corrected chi connectivity index (χ3v) is 9.75. The Balaban J connectivity index is 1.38. The standard InChI is InChI=1S/C37H60N6O8S/c1-26(28-8-10-29(11-9-28)33-27(2)39-25-52-33)40-35(46)31-22-30(44)23-43(31)36(47)34(37(3,4)5)41-32(45)24-51-21-20-50-19-18-49-17-16-48-15-14-42(6)13-7-12-38/h8-11,25-26,30-31,34,44H,7,12-24,38H2,1-6H3,(H,40,46)(H,41,45)/t26-,30?,31?,34+/m0/s1. The highest BCUT2D eigenvalue weighted by atomic mass is 32.1. The van der Waals surface area contributed by atoms with Gasteiger partial charge in [0.05, 0.1) is 74.5 Å². The molecule has 1 aliphatic rings. The molecule has 15 heteroatoms. The zero-order chi connectivity index (χ0) is 38.1. The summed E-state index contributed by atoms with van der Waals surface area (Å²) in [4.78, 5) is 49.2. The van der Waals surface area contributed by atoms with Gasteiger partial charge >= 0.3 is 0 Å². The van der Waals surface area contributed by atoms with Gasteiger partial charge in [-0.05, 0) is 56.9 Å². The number of aliphatic hydroxyl groups excluding tert-OH is 1. The topological polar surface area (TPSA) is 178 Å². The number of β-amino-alcohol motifs (C(OH)–C–C–N with tert-alkyl or cyclic N) is 1. The second kappa shape index (κ2) is 22.3. The first kappa shape index (κ1) is 43.4. The van der Waals surface area contributed by atoms with Gasteiger partial charge in [-0.25, -0.2) is 4.98 Å². The highest BCUT2D eigenvalue weighted by Crippen LogP contribution is 2.29. The minimum Gasteiger partial charge on any atom is -0.391 e. The lowest BCUT2D eigenvalue weighted by Crippen LogP contribution is -2.58. The Morgan fingerprint density at radius 2 is 1.62 bits per heavy atom. The van der Waals surface area contributed by atoms with Crippen molar-refractivity contribution in [2.75, 3.05) is 86.1 Å². The van der Waals surface area contributed by atoms with Crippen molar-refractivity contribution in [2.45, 2.75) is 71.7 Å². The van der Waals surface area contributed by atoms with Gasteiger partial charge in [-0.15, -0.1) is 11.3 Å². The van der Waals surface area contributed by atoms with Crippen LogP contribution in [0.5, 0.6) is 0 Å². The number of likely N-dealkylation sites (N-methyl/N-ethyl adjacent to an activating group) is 1. The molecule has 5 N–H and O–H groups in total. The fraction of sp³-hybridized carbons (Fsp3) is 0.676. The van der Waals surface area contributed by atoms with Crippen molar-refractivity contribution in [1.82, 2.24) is 25.4 Å². The summed E-state index contributed by atoms with van der Waals surface area (Å²) in [5, 5.41) is 16.3. The summed E-state index contributed by atoms with van der Waals surface area (Å²) in [5.41, 5.74) is 9.59. The van der Waals surface area contributed by atoms with E-state index in [1.54, 1.807) is 11.3 Å². The molecule has 0 saturated carbocycles. The lowest BCUT2D eigenvalue weighted by atomic mass is 9.85. The second-order valence-corrected chi connectivity index (χ2v) is 15.1. The van der Waals surface area contributed by atoms with Crippen molar-refractivity contribution in [2.24, 2.45) is 11.1 Å². The van der Waals surface area contributed by atoms with Crippen molar-refractivity contribution < 1.29 is 38.4 Å². The Labute approximate surface area is 312 Å². The summed E-state index contributed by atoms with van der Waals surface area (Å²) >= 11 is 1.58. The van der Waals surface area contributed by atoms with Crippen molar-refractivity contribution in [3.8, 4) is 10.4 Å². The van der Waals surface area contributed by atoms with Crippen LogP contribution >= 0.6 is 11.3 Å². The zero-order valence-corrected chi connectivity index (χ0v) is 32.5. The Bertz CT molecular complexity index is 1370. The number of likely N-dealkylation sites (tertiary alicyclic amines) is 1. The number of ether oxygens (including phenoxy) is 4. The summed E-state index contributed by atoms with van der Waals surface area (Å²) in [7, 11) is 2.04. The van der Waals surface area contributed by atoms with Gasteiger partial charge in [0, 0.05) is 19.5 Å². The smallest absolute Gasteiger partial charge is 0.246 e. The molecule has 3 rings (SSSR count). The van der Waals surface area contributed by atoms with Crippen LogP contribution in [0.1, 0.15) is 57.8 Å². The van der Waals surface area contributed by atoms with Gasteiger partial charge in [0.2, 0.25) is 17.7 Å². The molecule has 0 bridgehead atoms. The number of hydrogen-bond donors (Lipinski definition) is 4. The van der Waals surface area contributed by atoms with Crippen LogP contribution < -0.4 is 16.4 Å². The third-order valence-electron chi connectivity index (χ3n) is 8.77. The van der Waals surface area contributed by atoms with Gasteiger partial charge in [-0.3, -0.25) is 14.4 Å². The van der Waals surface area contributed by atoms with Gasteiger partial charge < -0.3 is 50.2 Å². The number of amides is 3. The van der Waals surface area contributed by atoms with E-state index < -0.39 is 35.4 Å². The van der Waals surface area contributed by atoms with E-state index >= 15 is 0 Å². The molecule has 2 heterocycles. The number of carbonyl (C=O) groups excluding carboxylic acids is 3. The summed E-state index contributed by atoms with van der Waals surface area (Å²) < 4.78 is 22.1. The van der Waals surface area contributed by atoms with Crippen molar-refractivity contribution >= 4 is 29.1 Å². The highest BCUT2D eigenvalue weighted by Gasteiger charge is 2.44. The molecular formula is C37H60N6O8S. The Morgan fingerprint density at radius 1 is 1.00 bits per heavy atom. The van der Waals surface area contributed by atoms with Crippen LogP contribution in [0, 0.1) is 12.3 Å². The first-order valence-electron chi connectivity index (χ1n) is 18.1. The number of nitrogens with zero attached hydrogens (tertiary/aromatic N) is 3. The molecule has 1 aliphatic heterocycles. The molecule has 4 atom stereocenters. The Hall–Kier alpha value is -3.02. The molecule has 1 aromatic heterocycles. The number of rotatable bonds is 23. The first-order chi connectivity index (χ1) is 24.8. The van der Waals surface area contributed by atoms with Gasteiger partial charge in [0.1, 0.15) is 18.7 Å². The van der Waals surface area contributed by atoms with Crippen LogP contribution in [0.3, 0.4) is 0 Å². The molecular weight excluding hydrogens is 689 g/mol. The van der Waals surface area contributed by atoms with Gasteiger partial charge in [-0.2, -0.15) is 0 Å². The zero-order valence-electron chi connectivity index (χ0n) is 31.7. The third kappa shape index (κ3) is 14.4. The molecule has 2 unspecified atom stereocenters. The van der Waals surface area contributed by atoms with E-state index in [0.717, 1.165) is 41.2 Å². The largest absolute Gasteiger partial charge is 0.391 e. The summed E-state index contributed by atoms with van der Waals surface area (Å²) in [5.74, 6) is -1.26. The number of aromatic nitrogens is 1. The number of benzene rings is 1. The van der Waals surface area contributed by atoms with Crippen molar-refractivity contribution in [1.29, 1.82) is 0 Å². The monoisotopic (exact) mass is 748 g/mol. The summed E-state index contributed by atoms with van der Waals surface area (Å²) in [6.07, 6.45) is 0.214. The molecule has 0 aliphatic carbocycles. The lowest BCUT2D eigenvalue weighted by molar-refractivity contribution is -0.144. The van der Waals surface area contributed by atoms with Crippen LogP contribution in [0.2, 0.25) is 0 Å². The second-order valence-electron chi connectivity index (χ2n) is 14.2. The molecule has 14 nitrogen and oxygen atoms in total. The highest BCUT2D eigenvalue weighted by molar-refractivity contribution is 7.13. The maximum atomic E-state index is 13.9. The summed E-state index contributed by atoms with van der Waals surface area (Å²) in [6.45, 7) is 14.5. The number of aryl methyl sites for hydroxylation is 1. The van der Waals surface area contributed by atoms with Crippen molar-refractivity contribution in [3.63, 3.8) is 0 Å². The molecule has 2 aromatic rings. The average molecular weight is 749 g/mol. The SMILES string of the molecule is Cc1ncsc1-c1ccc([C@H](C)NC(=O)C2CC(O)CN2C(=O)[C@@H](NC(=O)COCCOCCOCCOCCN(C)CCCN)C(C)(C)C)cc1. The number of aliphatic hydroxyl groups is 1. The molecule has 0 radical (unpaired) electrons. The number of nitrogens with one attached hydrogen (secondary N) is 2. The molecule has 3 amide bonds. The predicted molar refractivity (Wildman–Crippen MR) is 201 cm³/mol. The van der Waals surface area contributed by atoms with Crippen LogP contribution in [-0.4, -0.2) is 142 Å². The van der Waals surface area contributed by atoms with E-state index in [-0.39, 0.29) is 44.7 Å². The van der Waals surface area contributed by atoms with Crippen LogP contribution in [0.15, 0.2) is 29.8 Å². The van der Waals surface area contributed by atoms with Crippen LogP contribution in [0.4, 0.5) is 0 Å². The van der Waals surface area contributed by atoms with E-state index in [9.17, 15) is 19.5 Å². The number of hydrogen-bond acceptors (Lipinski definition) is 12. The van der Waals surface area contributed by atoms with Gasteiger partial charge in [0.25, 0.3) is 0 Å². The molecule has 52 heavy (non-hydrogen) atoms. The summed E-state index contributed by atoms with van der Waals surface area (Å²) in [6, 6.07) is 5.77. The quantitative estimate of drug-likeness (QED) is 0.123. The van der Waals surface area contributed by atoms with E-state index in [2.05, 4.69) is 20.5 Å². The Morgan fingerprint density at radius 3 is 2.19 bits per heavy atom. The number of carbonyl (C=O) groups is 3. The van der Waals surface area contributed by atoms with E-state index in [0.29, 0.717) is 39.6 Å². The maximum Gasteiger partial charge on any atom is 0.246 e. The number of nitrogens with two attached hydrogens (primary N) is 1. The van der Waals surface area contributed by atoms with E-state index in [4.69, 9.17) is 24.7 Å². The average Bonchev–Trinajstić information content (AvgIpc) is 3.72. The molecule has 0 spiro atoms. The molecule has 1 aromatic carbocycles. The van der Waals surface area contributed by atoms with Crippen LogP contribution in [0.25, 0.3) is 10.4 Å². The first-order valence-corrected chi connectivity index (χ1v) is 19.0. The fourth-order valence-corrected chi connectivity index (χ4v) is 6.55. The van der Waals surface area contributed by atoms with Gasteiger partial charge in [0.15, 0.2) is 0 Å². The van der Waals surface area contributed by atoms with Crippen LogP contribution in [-0.2, 0) is 33.3 Å².